The van der Waals surface area contributed by atoms with Gasteiger partial charge in [-0.2, -0.15) is 0 Å². The zero-order chi connectivity index (χ0) is 26.1. The number of rotatable bonds is 14. The molecule has 0 aromatic rings. The maximum Gasteiger partial charge on any atom is 0.308 e. The highest BCUT2D eigenvalue weighted by Gasteiger charge is 2.25. The molecule has 0 unspecified atom stereocenters. The normalized spacial score (nSPS) is 13.9. The lowest BCUT2D eigenvalue weighted by Crippen LogP contribution is -2.31. The maximum atomic E-state index is 11.9. The van der Waals surface area contributed by atoms with Crippen LogP contribution in [0.1, 0.15) is 80.6 Å². The molecule has 34 heavy (non-hydrogen) atoms. The van der Waals surface area contributed by atoms with Gasteiger partial charge >= 0.3 is 5.97 Å². The summed E-state index contributed by atoms with van der Waals surface area (Å²) in [6.45, 7) is 22.5. The topological polar surface area (TPSA) is 44.8 Å². The average molecular weight is 506 g/mol. The van der Waals surface area contributed by atoms with Crippen molar-refractivity contribution in [3.63, 3.8) is 0 Å². The van der Waals surface area contributed by atoms with Crippen LogP contribution in [0.3, 0.4) is 0 Å². The lowest BCUT2D eigenvalue weighted by atomic mass is 10.1. The molecule has 0 aromatic heterocycles. The van der Waals surface area contributed by atoms with E-state index >= 15 is 0 Å². The predicted molar refractivity (Wildman–Crippen MR) is 149 cm³/mol. The summed E-state index contributed by atoms with van der Waals surface area (Å²) in [7, 11) is -2.31. The summed E-state index contributed by atoms with van der Waals surface area (Å²) < 4.78 is 17.6. The smallest absolute Gasteiger partial charge is 0.308 e. The Morgan fingerprint density at radius 2 is 1.62 bits per heavy atom. The molecule has 0 rings (SSSR count). The Hall–Kier alpha value is -1.32. The summed E-state index contributed by atoms with van der Waals surface area (Å²) in [6.07, 6.45) is 5.57. The van der Waals surface area contributed by atoms with Crippen molar-refractivity contribution < 1.29 is 18.7 Å². The molecule has 4 nitrogen and oxygen atoms in total. The molecule has 0 saturated heterocycles. The first-order chi connectivity index (χ1) is 15.9. The van der Waals surface area contributed by atoms with Crippen LogP contribution < -0.4 is 0 Å². The molecule has 2 atom stereocenters. The minimum atomic E-state index is -1.45. The molecule has 0 aliphatic carbocycles. The summed E-state index contributed by atoms with van der Waals surface area (Å²) in [4.78, 5) is 11.9. The molecule has 6 heteroatoms. The van der Waals surface area contributed by atoms with Gasteiger partial charge in [0.05, 0.1) is 31.8 Å². The van der Waals surface area contributed by atoms with Crippen molar-refractivity contribution >= 4 is 23.1 Å². The molecule has 0 heterocycles. The first-order valence-electron chi connectivity index (χ1n) is 12.9. The van der Waals surface area contributed by atoms with Gasteiger partial charge in [0.25, 0.3) is 0 Å². The van der Waals surface area contributed by atoms with Gasteiger partial charge in [0.1, 0.15) is 8.07 Å². The number of carbonyl (C=O) groups excluding carboxylic acids is 1. The highest BCUT2D eigenvalue weighted by molar-refractivity contribution is 6.83. The minimum Gasteiger partial charge on any atom is -0.466 e. The summed E-state index contributed by atoms with van der Waals surface area (Å²) in [6, 6.07) is 0. The molecule has 0 N–H and O–H groups in total. The second-order valence-corrected chi connectivity index (χ2v) is 18.5. The van der Waals surface area contributed by atoms with Crippen molar-refractivity contribution in [1.29, 1.82) is 0 Å². The highest BCUT2D eigenvalue weighted by atomic mass is 28.3. The second-order valence-electron chi connectivity index (χ2n) is 10.4. The molecule has 193 valence electrons. The Morgan fingerprint density at radius 1 is 1.00 bits per heavy atom. The Bertz CT molecular complexity index is 721. The second kappa shape index (κ2) is 18.0. The van der Waals surface area contributed by atoms with E-state index in [1.165, 1.54) is 0 Å². The Labute approximate surface area is 213 Å². The van der Waals surface area contributed by atoms with Crippen molar-refractivity contribution in [3.8, 4) is 23.3 Å². The zero-order valence-corrected chi connectivity index (χ0v) is 25.5. The molecular weight excluding hydrogens is 456 g/mol. The van der Waals surface area contributed by atoms with Crippen LogP contribution in [0.15, 0.2) is 11.6 Å². The van der Waals surface area contributed by atoms with E-state index in [-0.39, 0.29) is 24.6 Å². The first-order valence-corrected chi connectivity index (χ1v) is 17.9. The van der Waals surface area contributed by atoms with Crippen LogP contribution in [-0.4, -0.2) is 48.5 Å². The Balaban J connectivity index is 4.98. The first kappa shape index (κ1) is 32.7. The van der Waals surface area contributed by atoms with Gasteiger partial charge in [0.15, 0.2) is 0 Å². The van der Waals surface area contributed by atoms with E-state index in [9.17, 15) is 4.79 Å². The Kier molecular flexibility index (Phi) is 17.3. The van der Waals surface area contributed by atoms with Crippen molar-refractivity contribution in [2.45, 2.75) is 124 Å². The fraction of sp³-hybridized carbons (Fsp3) is 0.750. The SMILES string of the molecule is CCC[C@@H](CC#C/C(C)=C\CO[C@H](CC#C[Si](C)(C)C)CC(=O)OCC)O[Si](C(C)C)C(C)C. The van der Waals surface area contributed by atoms with Crippen LogP contribution in [0.5, 0.6) is 0 Å². The summed E-state index contributed by atoms with van der Waals surface area (Å²) in [5, 5.41) is 0. The summed E-state index contributed by atoms with van der Waals surface area (Å²) in [5.41, 5.74) is 5.49. The molecule has 0 bridgehead atoms. The van der Waals surface area contributed by atoms with Crippen LogP contribution in [0.4, 0.5) is 0 Å². The molecule has 0 saturated carbocycles. The fourth-order valence-electron chi connectivity index (χ4n) is 3.35. The van der Waals surface area contributed by atoms with Gasteiger partial charge in [-0.05, 0) is 43.0 Å². The van der Waals surface area contributed by atoms with Crippen molar-refractivity contribution in [1.82, 2.24) is 0 Å². The minimum absolute atomic E-state index is 0.208. The number of hydrogen-bond donors (Lipinski definition) is 0. The third-order valence-corrected chi connectivity index (χ3v) is 8.69. The van der Waals surface area contributed by atoms with E-state index in [0.717, 1.165) is 24.8 Å². The Morgan fingerprint density at radius 3 is 2.15 bits per heavy atom. The van der Waals surface area contributed by atoms with E-state index in [1.807, 2.05) is 19.9 Å². The lowest BCUT2D eigenvalue weighted by Gasteiger charge is -2.27. The van der Waals surface area contributed by atoms with E-state index in [4.69, 9.17) is 13.9 Å². The van der Waals surface area contributed by atoms with Crippen molar-refractivity contribution in [2.24, 2.45) is 0 Å². The van der Waals surface area contributed by atoms with Crippen molar-refractivity contribution in [2.75, 3.05) is 13.2 Å². The van der Waals surface area contributed by atoms with Gasteiger partial charge in [-0.3, -0.25) is 4.79 Å². The van der Waals surface area contributed by atoms with Crippen molar-refractivity contribution in [3.05, 3.63) is 11.6 Å². The number of ether oxygens (including phenoxy) is 2. The fourth-order valence-corrected chi connectivity index (χ4v) is 6.44. The number of esters is 1. The van der Waals surface area contributed by atoms with Gasteiger partial charge in [-0.25, -0.2) is 0 Å². The van der Waals surface area contributed by atoms with E-state index in [2.05, 4.69) is 77.6 Å². The maximum absolute atomic E-state index is 11.9. The number of carbonyl (C=O) groups is 1. The zero-order valence-electron chi connectivity index (χ0n) is 23.5. The van der Waals surface area contributed by atoms with Crippen LogP contribution in [0.2, 0.25) is 30.7 Å². The number of hydrogen-bond acceptors (Lipinski definition) is 4. The number of allylic oxidation sites excluding steroid dienone is 1. The van der Waals surface area contributed by atoms with Crippen LogP contribution in [-0.2, 0) is 18.7 Å². The monoisotopic (exact) mass is 505 g/mol. The van der Waals surface area contributed by atoms with Crippen LogP contribution in [0.25, 0.3) is 0 Å². The highest BCUT2D eigenvalue weighted by Crippen LogP contribution is 2.24. The van der Waals surface area contributed by atoms with E-state index < -0.39 is 17.1 Å². The van der Waals surface area contributed by atoms with Crippen LogP contribution >= 0.6 is 0 Å². The standard InChI is InChI=1S/C28H49O4Si2/c1-11-15-26(32-33(23(3)4)24(5)6)17-13-16-25(7)19-20-31-27(22-28(29)30-12-2)18-14-21-34(8,9)10/h19,23-24,26-27H,11-12,15,17-18,20,22H2,1-10H3/b25-19-/t26-,27+/m0/s1. The molecule has 0 fully saturated rings. The molecule has 0 aromatic carbocycles. The largest absolute Gasteiger partial charge is 0.466 e. The molecule has 1 radical (unpaired) electrons. The molecule has 0 amide bonds. The van der Waals surface area contributed by atoms with Gasteiger partial charge in [-0.1, -0.05) is 72.5 Å². The molecule has 0 aliphatic rings. The van der Waals surface area contributed by atoms with Gasteiger partial charge < -0.3 is 13.9 Å². The average Bonchev–Trinajstić information content (AvgIpc) is 2.70. The van der Waals surface area contributed by atoms with E-state index in [0.29, 0.717) is 30.7 Å². The molecule has 0 aliphatic heterocycles. The third kappa shape index (κ3) is 17.2. The quantitative estimate of drug-likeness (QED) is 0.146. The summed E-state index contributed by atoms with van der Waals surface area (Å²) in [5.74, 6) is 9.54. The van der Waals surface area contributed by atoms with Gasteiger partial charge in [0.2, 0.25) is 9.04 Å². The van der Waals surface area contributed by atoms with Crippen LogP contribution in [0, 0.1) is 23.3 Å². The summed E-state index contributed by atoms with van der Waals surface area (Å²) >= 11 is 0. The lowest BCUT2D eigenvalue weighted by molar-refractivity contribution is -0.146. The molecular formula is C28H49O4Si2. The van der Waals surface area contributed by atoms with Gasteiger partial charge in [0, 0.05) is 12.8 Å². The van der Waals surface area contributed by atoms with Gasteiger partial charge in [-0.15, -0.1) is 11.5 Å². The molecule has 0 spiro atoms. The van der Waals surface area contributed by atoms with E-state index in [1.54, 1.807) is 0 Å². The predicted octanol–water partition coefficient (Wildman–Crippen LogP) is 6.93. The third-order valence-electron chi connectivity index (χ3n) is 4.88.